The number of fused-ring (bicyclic) bond motifs is 1. The Labute approximate surface area is 131 Å². The minimum Gasteiger partial charge on any atom is -0.382 e. The van der Waals surface area contributed by atoms with Crippen LogP contribution < -0.4 is 11.3 Å². The summed E-state index contributed by atoms with van der Waals surface area (Å²) in [5, 5.41) is 0.436. The molecule has 3 aromatic rings. The van der Waals surface area contributed by atoms with Gasteiger partial charge in [0, 0.05) is 6.20 Å². The van der Waals surface area contributed by atoms with Crippen LogP contribution in [-0.4, -0.2) is 37.8 Å². The second kappa shape index (κ2) is 5.34. The zero-order valence-electron chi connectivity index (χ0n) is 12.1. The lowest BCUT2D eigenvalue weighted by Crippen LogP contribution is -2.16. The Morgan fingerprint density at radius 1 is 1.27 bits per heavy atom. The van der Waals surface area contributed by atoms with Crippen LogP contribution in [0.15, 0.2) is 24.7 Å². The molecule has 0 aromatic carbocycles. The van der Waals surface area contributed by atoms with Crippen molar-refractivity contribution in [2.75, 3.05) is 19.1 Å². The van der Waals surface area contributed by atoms with Gasteiger partial charge in [0.2, 0.25) is 0 Å². The molecule has 114 valence electrons. The first-order chi connectivity index (χ1) is 10.3. The Morgan fingerprint density at radius 2 is 2.05 bits per heavy atom. The maximum atomic E-state index is 12.2. The maximum Gasteiger partial charge on any atom is 0.192 e. The average molecular weight is 337 g/mol. The molecule has 3 aromatic heterocycles. The topological polar surface area (TPSA) is 99.6 Å². The normalized spacial score (nSPS) is 12.0. The van der Waals surface area contributed by atoms with E-state index in [0.717, 1.165) is 5.56 Å². The Morgan fingerprint density at radius 3 is 2.68 bits per heavy atom. The molecule has 0 saturated carbocycles. The van der Waals surface area contributed by atoms with Gasteiger partial charge in [-0.3, -0.25) is 0 Å². The molecule has 0 spiro atoms. The lowest BCUT2D eigenvalue weighted by molar-refractivity contribution is 0.587. The van der Waals surface area contributed by atoms with E-state index in [2.05, 4.69) is 19.9 Å². The number of pyridine rings is 1. The van der Waals surface area contributed by atoms with Crippen molar-refractivity contribution in [1.82, 2.24) is 24.5 Å². The van der Waals surface area contributed by atoms with Gasteiger partial charge in [-0.2, -0.15) is 0 Å². The molecule has 2 N–H and O–H groups in total. The zero-order valence-corrected chi connectivity index (χ0v) is 13.7. The van der Waals surface area contributed by atoms with Gasteiger partial charge in [0.05, 0.1) is 12.9 Å². The van der Waals surface area contributed by atoms with Crippen molar-refractivity contribution in [1.29, 1.82) is 0 Å². The van der Waals surface area contributed by atoms with Crippen LogP contribution in [0.2, 0.25) is 5.15 Å². The first-order valence-electron chi connectivity index (χ1n) is 6.49. The molecule has 0 aliphatic heterocycles. The van der Waals surface area contributed by atoms with Crippen molar-refractivity contribution in [2.45, 2.75) is 6.54 Å². The Bertz CT molecular complexity index is 885. The first kappa shape index (κ1) is 14.9. The molecule has 0 aliphatic carbocycles. The number of anilines is 1. The quantitative estimate of drug-likeness (QED) is 0.578. The monoisotopic (exact) mass is 336 g/mol. The smallest absolute Gasteiger partial charge is 0.192 e. The Kier molecular flexibility index (Phi) is 3.62. The van der Waals surface area contributed by atoms with Gasteiger partial charge >= 0.3 is 0 Å². The first-order valence-corrected chi connectivity index (χ1v) is 9.47. The number of halogens is 1. The third-order valence-corrected chi connectivity index (χ3v) is 4.49. The maximum absolute atomic E-state index is 12.2. The van der Waals surface area contributed by atoms with E-state index in [1.807, 2.05) is 10.6 Å². The van der Waals surface area contributed by atoms with Gasteiger partial charge in [-0.1, -0.05) is 17.7 Å². The van der Waals surface area contributed by atoms with Crippen LogP contribution in [0.4, 0.5) is 5.82 Å². The van der Waals surface area contributed by atoms with E-state index < -0.39 is 7.14 Å². The summed E-state index contributed by atoms with van der Waals surface area (Å²) in [4.78, 5) is 16.8. The predicted molar refractivity (Wildman–Crippen MR) is 87.2 cm³/mol. The van der Waals surface area contributed by atoms with Crippen molar-refractivity contribution in [3.63, 3.8) is 0 Å². The summed E-state index contributed by atoms with van der Waals surface area (Å²) in [6.45, 7) is 3.73. The number of imidazole rings is 1. The van der Waals surface area contributed by atoms with E-state index in [9.17, 15) is 4.57 Å². The summed E-state index contributed by atoms with van der Waals surface area (Å²) in [7, 11) is -2.61. The molecule has 0 bridgehead atoms. The van der Waals surface area contributed by atoms with Crippen LogP contribution in [0, 0.1) is 0 Å². The number of hydrogen-bond acceptors (Lipinski definition) is 6. The summed E-state index contributed by atoms with van der Waals surface area (Å²) >= 11 is 5.78. The number of aromatic nitrogens is 5. The standard InChI is InChI=1S/C13H14ClN6OP/c1-22(2,21)13-18-11(15)10-12(19-13)20(7-17-10)6-8-3-4-9(14)16-5-8/h3-5,7H,6H2,1-2H3,(H2,15,18,19). The SMILES string of the molecule is CP(C)(=O)c1nc(N)c2ncn(Cc3ccc(Cl)nc3)c2n1. The highest BCUT2D eigenvalue weighted by Crippen LogP contribution is 2.33. The van der Waals surface area contributed by atoms with Gasteiger partial charge in [-0.25, -0.2) is 19.9 Å². The van der Waals surface area contributed by atoms with E-state index in [1.165, 1.54) is 0 Å². The molecule has 0 fully saturated rings. The largest absolute Gasteiger partial charge is 0.382 e. The molecule has 3 heterocycles. The van der Waals surface area contributed by atoms with Crippen LogP contribution >= 0.6 is 18.7 Å². The van der Waals surface area contributed by atoms with Crippen molar-refractivity contribution >= 4 is 41.3 Å². The fourth-order valence-corrected chi connectivity index (χ4v) is 2.80. The molecule has 0 amide bonds. The van der Waals surface area contributed by atoms with Gasteiger partial charge in [-0.05, 0) is 25.0 Å². The van der Waals surface area contributed by atoms with Crippen LogP contribution in [0.5, 0.6) is 0 Å². The second-order valence-corrected chi connectivity index (χ2v) is 8.78. The summed E-state index contributed by atoms with van der Waals surface area (Å²) in [6.07, 6.45) is 3.31. The molecule has 0 unspecified atom stereocenters. The molecule has 7 nitrogen and oxygen atoms in total. The minimum absolute atomic E-state index is 0.233. The van der Waals surface area contributed by atoms with Crippen LogP contribution in [0.3, 0.4) is 0 Å². The summed E-state index contributed by atoms with van der Waals surface area (Å²) < 4.78 is 14.0. The lowest BCUT2D eigenvalue weighted by Gasteiger charge is -2.08. The average Bonchev–Trinajstić information content (AvgIpc) is 2.84. The molecule has 0 saturated heterocycles. The predicted octanol–water partition coefficient (Wildman–Crippen LogP) is 1.75. The molecule has 9 heteroatoms. The van der Waals surface area contributed by atoms with Gasteiger partial charge in [0.1, 0.15) is 17.8 Å². The summed E-state index contributed by atoms with van der Waals surface area (Å²) in [6, 6.07) is 3.59. The highest BCUT2D eigenvalue weighted by molar-refractivity contribution is 7.69. The summed E-state index contributed by atoms with van der Waals surface area (Å²) in [5.41, 5.74) is 8.16. The highest BCUT2D eigenvalue weighted by Gasteiger charge is 2.19. The van der Waals surface area contributed by atoms with E-state index in [1.54, 1.807) is 31.9 Å². The van der Waals surface area contributed by atoms with Gasteiger partial charge in [0.15, 0.2) is 17.0 Å². The molecule has 3 rings (SSSR count). The number of nitrogens with zero attached hydrogens (tertiary/aromatic N) is 5. The second-order valence-electron chi connectivity index (χ2n) is 5.29. The lowest BCUT2D eigenvalue weighted by atomic mass is 10.3. The van der Waals surface area contributed by atoms with Crippen LogP contribution in [-0.2, 0) is 11.1 Å². The highest BCUT2D eigenvalue weighted by atomic mass is 35.5. The number of rotatable bonds is 3. The fraction of sp³-hybridized carbons (Fsp3) is 0.231. The van der Waals surface area contributed by atoms with Gasteiger partial charge < -0.3 is 14.9 Å². The minimum atomic E-state index is -2.61. The van der Waals surface area contributed by atoms with Crippen molar-refractivity contribution in [2.24, 2.45) is 0 Å². The fourth-order valence-electron chi connectivity index (χ4n) is 2.01. The third kappa shape index (κ3) is 2.82. The van der Waals surface area contributed by atoms with Crippen LogP contribution in [0.25, 0.3) is 11.2 Å². The molecular weight excluding hydrogens is 323 g/mol. The Hall–Kier alpha value is -1.98. The van der Waals surface area contributed by atoms with Gasteiger partial charge in [0.25, 0.3) is 0 Å². The molecule has 0 radical (unpaired) electrons. The molecular formula is C13H14ClN6OP. The van der Waals surface area contributed by atoms with E-state index >= 15 is 0 Å². The van der Waals surface area contributed by atoms with Crippen molar-refractivity contribution in [3.8, 4) is 0 Å². The van der Waals surface area contributed by atoms with E-state index in [0.29, 0.717) is 22.9 Å². The van der Waals surface area contributed by atoms with Crippen molar-refractivity contribution < 1.29 is 4.57 Å². The van der Waals surface area contributed by atoms with E-state index in [4.69, 9.17) is 17.3 Å². The number of nitrogen functional groups attached to an aromatic ring is 1. The third-order valence-electron chi connectivity index (χ3n) is 3.10. The zero-order chi connectivity index (χ0) is 15.9. The van der Waals surface area contributed by atoms with Crippen molar-refractivity contribution in [3.05, 3.63) is 35.4 Å². The van der Waals surface area contributed by atoms with Crippen LogP contribution in [0.1, 0.15) is 5.56 Å². The molecule has 22 heavy (non-hydrogen) atoms. The number of nitrogens with two attached hydrogens (primary N) is 1. The number of hydrogen-bond donors (Lipinski definition) is 1. The van der Waals surface area contributed by atoms with E-state index in [-0.39, 0.29) is 11.4 Å². The molecule has 0 aliphatic rings. The van der Waals surface area contributed by atoms with Gasteiger partial charge in [-0.15, -0.1) is 0 Å². The Balaban J connectivity index is 2.08. The summed E-state index contributed by atoms with van der Waals surface area (Å²) in [5.74, 6) is 0.233. The molecule has 0 atom stereocenters.